The molecule has 0 aliphatic heterocycles. The zero-order chi connectivity index (χ0) is 9.71. The van der Waals surface area contributed by atoms with E-state index in [0.29, 0.717) is 0 Å². The van der Waals surface area contributed by atoms with Gasteiger partial charge in [-0.3, -0.25) is 4.68 Å². The van der Waals surface area contributed by atoms with Crippen molar-refractivity contribution in [3.8, 4) is 0 Å². The van der Waals surface area contributed by atoms with E-state index in [4.69, 9.17) is 0 Å². The van der Waals surface area contributed by atoms with E-state index in [-0.39, 0.29) is 5.69 Å². The van der Waals surface area contributed by atoms with Crippen molar-refractivity contribution in [3.63, 3.8) is 0 Å². The second-order valence-electron chi connectivity index (χ2n) is 3.30. The molecular formula is C9H8N4O. The third-order valence-electron chi connectivity index (χ3n) is 2.38. The van der Waals surface area contributed by atoms with Crippen LogP contribution in [0.3, 0.4) is 0 Å². The van der Waals surface area contributed by atoms with Gasteiger partial charge in [-0.05, 0) is 12.1 Å². The fraction of sp³-hybridized carbons (Fsp3) is 0.111. The van der Waals surface area contributed by atoms with Gasteiger partial charge in [-0.25, -0.2) is 4.79 Å². The smallest absolute Gasteiger partial charge is 0.306 e. The Balaban J connectivity index is 2.59. The van der Waals surface area contributed by atoms with E-state index in [9.17, 15) is 4.79 Å². The number of hydrogen-bond donors (Lipinski definition) is 2. The van der Waals surface area contributed by atoms with E-state index in [1.165, 1.54) is 0 Å². The highest BCUT2D eigenvalue weighted by molar-refractivity contribution is 5.92. The van der Waals surface area contributed by atoms with Gasteiger partial charge in [0.25, 0.3) is 0 Å². The number of imidazole rings is 1. The summed E-state index contributed by atoms with van der Waals surface area (Å²) in [6.45, 7) is 0. The molecule has 0 atom stereocenters. The van der Waals surface area contributed by atoms with Crippen molar-refractivity contribution in [2.45, 2.75) is 0 Å². The predicted molar refractivity (Wildman–Crippen MR) is 53.2 cm³/mol. The third kappa shape index (κ3) is 0.834. The number of nitrogens with zero attached hydrogens (tertiary/aromatic N) is 2. The van der Waals surface area contributed by atoms with Crippen LogP contribution in [0, 0.1) is 0 Å². The number of fused-ring (bicyclic) bond motifs is 2. The first-order valence-electron chi connectivity index (χ1n) is 4.28. The molecule has 0 aliphatic carbocycles. The van der Waals surface area contributed by atoms with Gasteiger partial charge in [0.1, 0.15) is 0 Å². The lowest BCUT2D eigenvalue weighted by molar-refractivity contribution is 0.797. The Morgan fingerprint density at radius 1 is 1.29 bits per heavy atom. The lowest BCUT2D eigenvalue weighted by Gasteiger charge is -1.93. The molecule has 0 radical (unpaired) electrons. The minimum atomic E-state index is -0.178. The third-order valence-corrected chi connectivity index (χ3v) is 2.38. The van der Waals surface area contributed by atoms with E-state index < -0.39 is 0 Å². The van der Waals surface area contributed by atoms with Crippen LogP contribution in [0.1, 0.15) is 0 Å². The van der Waals surface area contributed by atoms with Crippen LogP contribution >= 0.6 is 0 Å². The Morgan fingerprint density at radius 2 is 2.00 bits per heavy atom. The number of nitrogens with one attached hydrogen (secondary N) is 2. The number of rotatable bonds is 0. The standard InChI is InChI=1S/C9H8N4O/c1-13-8-3-7-6(11-9(14)12-7)2-5(8)4-10-13/h2-4H,1H3,(H2,11,12,14). The topological polar surface area (TPSA) is 66.5 Å². The summed E-state index contributed by atoms with van der Waals surface area (Å²) < 4.78 is 1.78. The second kappa shape index (κ2) is 2.25. The summed E-state index contributed by atoms with van der Waals surface area (Å²) in [4.78, 5) is 16.5. The Bertz CT molecular complexity index is 673. The Labute approximate surface area is 78.4 Å². The average molecular weight is 188 g/mol. The molecule has 0 fully saturated rings. The quantitative estimate of drug-likeness (QED) is 0.546. The van der Waals surface area contributed by atoms with E-state index in [1.807, 2.05) is 19.2 Å². The number of aryl methyl sites for hydroxylation is 1. The van der Waals surface area contributed by atoms with Crippen molar-refractivity contribution < 1.29 is 0 Å². The fourth-order valence-corrected chi connectivity index (χ4v) is 1.68. The van der Waals surface area contributed by atoms with Crippen LogP contribution < -0.4 is 5.69 Å². The van der Waals surface area contributed by atoms with E-state index in [0.717, 1.165) is 21.9 Å². The van der Waals surface area contributed by atoms with Crippen molar-refractivity contribution in [1.29, 1.82) is 0 Å². The lowest BCUT2D eigenvalue weighted by Crippen LogP contribution is -1.99. The summed E-state index contributed by atoms with van der Waals surface area (Å²) in [5.41, 5.74) is 2.46. The summed E-state index contributed by atoms with van der Waals surface area (Å²) in [5.74, 6) is 0. The fourth-order valence-electron chi connectivity index (χ4n) is 1.68. The number of H-pyrrole nitrogens is 2. The number of benzene rings is 1. The first kappa shape index (κ1) is 7.37. The predicted octanol–water partition coefficient (Wildman–Crippen LogP) is 0.743. The summed E-state index contributed by atoms with van der Waals surface area (Å²) in [6.07, 6.45) is 1.78. The van der Waals surface area contributed by atoms with Crippen LogP contribution in [-0.4, -0.2) is 19.7 Å². The monoisotopic (exact) mass is 188 g/mol. The highest BCUT2D eigenvalue weighted by Gasteiger charge is 2.03. The van der Waals surface area contributed by atoms with Crippen molar-refractivity contribution in [2.24, 2.45) is 7.05 Å². The van der Waals surface area contributed by atoms with Gasteiger partial charge in [0, 0.05) is 12.4 Å². The maximum Gasteiger partial charge on any atom is 0.323 e. The van der Waals surface area contributed by atoms with Crippen molar-refractivity contribution >= 4 is 21.9 Å². The molecule has 2 heterocycles. The van der Waals surface area contributed by atoms with Gasteiger partial charge in [0.2, 0.25) is 0 Å². The minimum absolute atomic E-state index is 0.178. The first-order chi connectivity index (χ1) is 6.74. The lowest BCUT2D eigenvalue weighted by atomic mass is 10.2. The maximum absolute atomic E-state index is 11.0. The summed E-state index contributed by atoms with van der Waals surface area (Å²) in [7, 11) is 1.87. The Morgan fingerprint density at radius 3 is 2.79 bits per heavy atom. The molecule has 5 nitrogen and oxygen atoms in total. The van der Waals surface area contributed by atoms with Crippen LogP contribution in [-0.2, 0) is 7.05 Å². The SMILES string of the molecule is Cn1ncc2cc3[nH]c(=O)[nH]c3cc21. The van der Waals surface area contributed by atoms with Crippen molar-refractivity contribution in [3.05, 3.63) is 28.8 Å². The van der Waals surface area contributed by atoms with Gasteiger partial charge in [-0.1, -0.05) is 0 Å². The summed E-state index contributed by atoms with van der Waals surface area (Å²) in [6, 6.07) is 3.82. The van der Waals surface area contributed by atoms with Gasteiger partial charge in [0.05, 0.1) is 22.7 Å². The van der Waals surface area contributed by atoms with Crippen LogP contribution in [0.15, 0.2) is 23.1 Å². The molecular weight excluding hydrogens is 180 g/mol. The molecule has 2 N–H and O–H groups in total. The van der Waals surface area contributed by atoms with Gasteiger partial charge in [-0.15, -0.1) is 0 Å². The molecule has 0 amide bonds. The number of aromatic nitrogens is 4. The summed E-state index contributed by atoms with van der Waals surface area (Å²) >= 11 is 0. The molecule has 2 aromatic heterocycles. The van der Waals surface area contributed by atoms with Gasteiger partial charge in [0.15, 0.2) is 0 Å². The van der Waals surface area contributed by atoms with Crippen LogP contribution in [0.5, 0.6) is 0 Å². The van der Waals surface area contributed by atoms with Crippen molar-refractivity contribution in [1.82, 2.24) is 19.7 Å². The molecule has 0 saturated heterocycles. The maximum atomic E-state index is 11.0. The van der Waals surface area contributed by atoms with Crippen molar-refractivity contribution in [2.75, 3.05) is 0 Å². The summed E-state index contributed by atoms with van der Waals surface area (Å²) in [5, 5.41) is 5.15. The molecule has 0 aliphatic rings. The first-order valence-corrected chi connectivity index (χ1v) is 4.28. The van der Waals surface area contributed by atoms with Crippen LogP contribution in [0.4, 0.5) is 0 Å². The van der Waals surface area contributed by atoms with Crippen LogP contribution in [0.25, 0.3) is 21.9 Å². The van der Waals surface area contributed by atoms with E-state index in [2.05, 4.69) is 15.1 Å². The molecule has 1 aromatic carbocycles. The molecule has 3 rings (SSSR count). The Kier molecular flexibility index (Phi) is 1.19. The number of aromatic amines is 2. The average Bonchev–Trinajstić information content (AvgIpc) is 2.66. The normalized spacial score (nSPS) is 11.5. The van der Waals surface area contributed by atoms with E-state index >= 15 is 0 Å². The van der Waals surface area contributed by atoms with Gasteiger partial charge >= 0.3 is 5.69 Å². The zero-order valence-corrected chi connectivity index (χ0v) is 7.53. The molecule has 3 aromatic rings. The molecule has 70 valence electrons. The van der Waals surface area contributed by atoms with E-state index in [1.54, 1.807) is 10.9 Å². The molecule has 0 bridgehead atoms. The van der Waals surface area contributed by atoms with Gasteiger partial charge in [-0.2, -0.15) is 5.10 Å². The molecule has 0 spiro atoms. The highest BCUT2D eigenvalue weighted by Crippen LogP contribution is 2.18. The largest absolute Gasteiger partial charge is 0.323 e. The molecule has 5 heteroatoms. The molecule has 0 unspecified atom stereocenters. The molecule has 14 heavy (non-hydrogen) atoms. The Hall–Kier alpha value is -2.04. The van der Waals surface area contributed by atoms with Crippen LogP contribution in [0.2, 0.25) is 0 Å². The molecule has 0 saturated carbocycles. The number of hydrogen-bond acceptors (Lipinski definition) is 2. The highest BCUT2D eigenvalue weighted by atomic mass is 16.1. The second-order valence-corrected chi connectivity index (χ2v) is 3.30. The zero-order valence-electron chi connectivity index (χ0n) is 7.53. The minimum Gasteiger partial charge on any atom is -0.306 e. The van der Waals surface area contributed by atoms with Gasteiger partial charge < -0.3 is 9.97 Å².